The van der Waals surface area contributed by atoms with E-state index >= 15 is 0 Å². The van der Waals surface area contributed by atoms with Gasteiger partial charge in [-0.05, 0) is 24.2 Å². The molecule has 0 heterocycles. The van der Waals surface area contributed by atoms with Crippen LogP contribution in [0.25, 0.3) is 0 Å². The SMILES string of the molecule is CC(C)CC(NC(=O)[C@H]1CC1(C)C)C(=O)O. The van der Waals surface area contributed by atoms with Crippen molar-refractivity contribution >= 4 is 11.9 Å². The van der Waals surface area contributed by atoms with Crippen LogP contribution >= 0.6 is 0 Å². The molecule has 0 aromatic carbocycles. The van der Waals surface area contributed by atoms with E-state index in [1.165, 1.54) is 0 Å². The summed E-state index contributed by atoms with van der Waals surface area (Å²) in [6, 6.07) is -0.746. The van der Waals surface area contributed by atoms with E-state index < -0.39 is 12.0 Å². The van der Waals surface area contributed by atoms with Crippen molar-refractivity contribution in [3.63, 3.8) is 0 Å². The van der Waals surface area contributed by atoms with E-state index in [0.29, 0.717) is 6.42 Å². The standard InChI is InChI=1S/C12H21NO3/c1-7(2)5-9(11(15)16)13-10(14)8-6-12(8,3)4/h7-9H,5-6H2,1-4H3,(H,13,14)(H,15,16)/t8-,9?/m1/s1. The van der Waals surface area contributed by atoms with Gasteiger partial charge in [0.1, 0.15) is 6.04 Å². The number of hydrogen-bond acceptors (Lipinski definition) is 2. The van der Waals surface area contributed by atoms with Crippen LogP contribution < -0.4 is 5.32 Å². The van der Waals surface area contributed by atoms with Crippen LogP contribution in [-0.4, -0.2) is 23.0 Å². The fourth-order valence-corrected chi connectivity index (χ4v) is 1.88. The van der Waals surface area contributed by atoms with Gasteiger partial charge in [-0.2, -0.15) is 0 Å². The smallest absolute Gasteiger partial charge is 0.326 e. The first-order valence-electron chi connectivity index (χ1n) is 5.77. The highest BCUT2D eigenvalue weighted by molar-refractivity contribution is 5.87. The molecule has 1 amide bonds. The molecule has 4 heteroatoms. The Kier molecular flexibility index (Phi) is 3.61. The zero-order valence-electron chi connectivity index (χ0n) is 10.4. The summed E-state index contributed by atoms with van der Waals surface area (Å²) in [7, 11) is 0. The predicted molar refractivity (Wildman–Crippen MR) is 60.9 cm³/mol. The zero-order chi connectivity index (χ0) is 12.5. The van der Waals surface area contributed by atoms with Crippen molar-refractivity contribution in [1.82, 2.24) is 5.32 Å². The second-order valence-corrected chi connectivity index (χ2v) is 5.77. The number of carboxylic acids is 1. The van der Waals surface area contributed by atoms with E-state index in [9.17, 15) is 9.59 Å². The van der Waals surface area contributed by atoms with Gasteiger partial charge in [0, 0.05) is 5.92 Å². The van der Waals surface area contributed by atoms with Gasteiger partial charge >= 0.3 is 5.97 Å². The van der Waals surface area contributed by atoms with Crippen molar-refractivity contribution in [2.24, 2.45) is 17.3 Å². The third-order valence-electron chi connectivity index (χ3n) is 3.15. The molecule has 0 bridgehead atoms. The summed E-state index contributed by atoms with van der Waals surface area (Å²) in [6.45, 7) is 7.94. The van der Waals surface area contributed by atoms with Gasteiger partial charge in [0.25, 0.3) is 0 Å². The lowest BCUT2D eigenvalue weighted by Crippen LogP contribution is -2.42. The quantitative estimate of drug-likeness (QED) is 0.750. The predicted octanol–water partition coefficient (Wildman–Crippen LogP) is 1.65. The van der Waals surface area contributed by atoms with Gasteiger partial charge in [0.15, 0.2) is 0 Å². The van der Waals surface area contributed by atoms with E-state index in [2.05, 4.69) is 5.32 Å². The highest BCUT2D eigenvalue weighted by atomic mass is 16.4. The fourth-order valence-electron chi connectivity index (χ4n) is 1.88. The summed E-state index contributed by atoms with van der Waals surface area (Å²) in [4.78, 5) is 22.7. The van der Waals surface area contributed by atoms with E-state index in [0.717, 1.165) is 6.42 Å². The second kappa shape index (κ2) is 4.44. The Hall–Kier alpha value is -1.06. The number of carboxylic acid groups (broad SMARTS) is 1. The molecule has 0 saturated heterocycles. The Morgan fingerprint density at radius 3 is 2.25 bits per heavy atom. The van der Waals surface area contributed by atoms with Crippen LogP contribution in [0, 0.1) is 17.3 Å². The van der Waals surface area contributed by atoms with Gasteiger partial charge in [0.05, 0.1) is 0 Å². The lowest BCUT2D eigenvalue weighted by atomic mass is 10.0. The Morgan fingerprint density at radius 2 is 1.94 bits per heavy atom. The van der Waals surface area contributed by atoms with Crippen LogP contribution in [0.1, 0.15) is 40.5 Å². The molecule has 92 valence electrons. The van der Waals surface area contributed by atoms with E-state index in [1.54, 1.807) is 0 Å². The first-order valence-corrected chi connectivity index (χ1v) is 5.77. The summed E-state index contributed by atoms with van der Waals surface area (Å²) >= 11 is 0. The van der Waals surface area contributed by atoms with Gasteiger partial charge in [-0.3, -0.25) is 4.79 Å². The highest BCUT2D eigenvalue weighted by Crippen LogP contribution is 2.51. The molecule has 2 N–H and O–H groups in total. The lowest BCUT2D eigenvalue weighted by Gasteiger charge is -2.16. The second-order valence-electron chi connectivity index (χ2n) is 5.77. The van der Waals surface area contributed by atoms with Crippen molar-refractivity contribution in [3.05, 3.63) is 0 Å². The molecule has 1 unspecified atom stereocenters. The van der Waals surface area contributed by atoms with Crippen molar-refractivity contribution in [2.75, 3.05) is 0 Å². The molecule has 0 radical (unpaired) electrons. The zero-order valence-corrected chi connectivity index (χ0v) is 10.4. The molecule has 1 aliphatic carbocycles. The van der Waals surface area contributed by atoms with Crippen molar-refractivity contribution < 1.29 is 14.7 Å². The maximum absolute atomic E-state index is 11.7. The Balaban J connectivity index is 2.49. The first kappa shape index (κ1) is 13.0. The minimum atomic E-state index is -0.944. The number of carbonyl (C=O) groups is 2. The minimum absolute atomic E-state index is 0.0125. The van der Waals surface area contributed by atoms with Gasteiger partial charge < -0.3 is 10.4 Å². The molecular formula is C12H21NO3. The average Bonchev–Trinajstić information content (AvgIpc) is 2.73. The molecule has 16 heavy (non-hydrogen) atoms. The van der Waals surface area contributed by atoms with Crippen molar-refractivity contribution in [1.29, 1.82) is 0 Å². The third kappa shape index (κ3) is 3.22. The molecule has 1 fully saturated rings. The summed E-state index contributed by atoms with van der Waals surface area (Å²) in [6.07, 6.45) is 1.33. The largest absolute Gasteiger partial charge is 0.480 e. The van der Waals surface area contributed by atoms with E-state index in [4.69, 9.17) is 5.11 Å². The number of rotatable bonds is 5. The van der Waals surface area contributed by atoms with Crippen LogP contribution in [0.5, 0.6) is 0 Å². The van der Waals surface area contributed by atoms with E-state index in [1.807, 2.05) is 27.7 Å². The first-order chi connectivity index (χ1) is 7.24. The summed E-state index contributed by atoms with van der Waals surface area (Å²) < 4.78 is 0. The van der Waals surface area contributed by atoms with Gasteiger partial charge in [-0.25, -0.2) is 4.79 Å². The van der Waals surface area contributed by atoms with Gasteiger partial charge in [-0.1, -0.05) is 27.7 Å². The number of nitrogens with one attached hydrogen (secondary N) is 1. The van der Waals surface area contributed by atoms with Gasteiger partial charge in [0.2, 0.25) is 5.91 Å². The highest BCUT2D eigenvalue weighted by Gasteiger charge is 2.51. The Labute approximate surface area is 96.4 Å². The molecule has 2 atom stereocenters. The van der Waals surface area contributed by atoms with E-state index in [-0.39, 0.29) is 23.2 Å². The van der Waals surface area contributed by atoms with Crippen LogP contribution in [-0.2, 0) is 9.59 Å². The Bertz CT molecular complexity index is 297. The molecule has 1 saturated carbocycles. The molecule has 1 rings (SSSR count). The number of hydrogen-bond donors (Lipinski definition) is 2. The van der Waals surface area contributed by atoms with Crippen LogP contribution in [0.4, 0.5) is 0 Å². The molecule has 4 nitrogen and oxygen atoms in total. The molecular weight excluding hydrogens is 206 g/mol. The summed E-state index contributed by atoms with van der Waals surface area (Å²) in [5, 5.41) is 11.6. The molecule has 1 aliphatic rings. The topological polar surface area (TPSA) is 66.4 Å². The van der Waals surface area contributed by atoms with Gasteiger partial charge in [-0.15, -0.1) is 0 Å². The summed E-state index contributed by atoms with van der Waals surface area (Å²) in [5.41, 5.74) is 0.0466. The van der Waals surface area contributed by atoms with Crippen molar-refractivity contribution in [3.8, 4) is 0 Å². The van der Waals surface area contributed by atoms with Crippen LogP contribution in [0.15, 0.2) is 0 Å². The van der Waals surface area contributed by atoms with Crippen LogP contribution in [0.3, 0.4) is 0 Å². The maximum Gasteiger partial charge on any atom is 0.326 e. The molecule has 0 aliphatic heterocycles. The summed E-state index contributed by atoms with van der Waals surface area (Å²) in [5.74, 6) is -0.811. The maximum atomic E-state index is 11.7. The molecule has 0 aromatic heterocycles. The van der Waals surface area contributed by atoms with Crippen LogP contribution in [0.2, 0.25) is 0 Å². The normalized spacial score (nSPS) is 23.9. The minimum Gasteiger partial charge on any atom is -0.480 e. The Morgan fingerprint density at radius 1 is 1.44 bits per heavy atom. The number of aliphatic carboxylic acids is 1. The molecule has 0 aromatic rings. The average molecular weight is 227 g/mol. The third-order valence-corrected chi connectivity index (χ3v) is 3.15. The monoisotopic (exact) mass is 227 g/mol. The molecule has 0 spiro atoms. The lowest BCUT2D eigenvalue weighted by molar-refractivity contribution is -0.142. The fraction of sp³-hybridized carbons (Fsp3) is 0.833. The van der Waals surface area contributed by atoms with Crippen molar-refractivity contribution in [2.45, 2.75) is 46.6 Å². The number of carbonyl (C=O) groups excluding carboxylic acids is 1. The number of amides is 1.